The van der Waals surface area contributed by atoms with E-state index in [0.29, 0.717) is 16.2 Å². The molecule has 0 saturated heterocycles. The van der Waals surface area contributed by atoms with Crippen LogP contribution < -0.4 is 5.32 Å². The van der Waals surface area contributed by atoms with Gasteiger partial charge in [0, 0.05) is 16.0 Å². The number of aromatic nitrogens is 1. The van der Waals surface area contributed by atoms with E-state index in [-0.39, 0.29) is 6.04 Å². The molecule has 0 bridgehead atoms. The van der Waals surface area contributed by atoms with E-state index in [1.807, 2.05) is 13.0 Å². The van der Waals surface area contributed by atoms with Gasteiger partial charge in [0.25, 0.3) is 0 Å². The summed E-state index contributed by atoms with van der Waals surface area (Å²) in [6.45, 7) is 1.95. The Kier molecular flexibility index (Phi) is 4.34. The van der Waals surface area contributed by atoms with Crippen molar-refractivity contribution in [2.45, 2.75) is 19.1 Å². The van der Waals surface area contributed by atoms with E-state index in [9.17, 15) is 13.2 Å². The molecule has 1 atom stereocenters. The van der Waals surface area contributed by atoms with Gasteiger partial charge in [-0.2, -0.15) is 13.2 Å². The van der Waals surface area contributed by atoms with Gasteiger partial charge >= 0.3 is 6.18 Å². The SMILES string of the molecule is CNC(c1cnc(C(F)(F)F)s1)c1cc(C)c(Br)s1. The number of hydrogen-bond acceptors (Lipinski definition) is 4. The molecular weight excluding hydrogens is 361 g/mol. The Morgan fingerprint density at radius 3 is 2.42 bits per heavy atom. The Bertz CT molecular complexity index is 557. The van der Waals surface area contributed by atoms with Crippen LogP contribution in [0.25, 0.3) is 0 Å². The number of thiophene rings is 1. The van der Waals surface area contributed by atoms with Crippen LogP contribution in [0.4, 0.5) is 13.2 Å². The molecule has 0 aromatic carbocycles. The average Bonchev–Trinajstić information content (AvgIpc) is 2.88. The van der Waals surface area contributed by atoms with Crippen molar-refractivity contribution in [1.29, 1.82) is 0 Å². The van der Waals surface area contributed by atoms with Crippen LogP contribution in [0.5, 0.6) is 0 Å². The molecule has 0 radical (unpaired) electrons. The summed E-state index contributed by atoms with van der Waals surface area (Å²) < 4.78 is 38.7. The van der Waals surface area contributed by atoms with E-state index in [0.717, 1.165) is 14.2 Å². The molecule has 2 rings (SSSR count). The van der Waals surface area contributed by atoms with Crippen molar-refractivity contribution in [1.82, 2.24) is 10.3 Å². The molecule has 0 fully saturated rings. The van der Waals surface area contributed by atoms with Gasteiger partial charge in [0.05, 0.1) is 9.83 Å². The molecule has 1 unspecified atom stereocenters. The first-order chi connectivity index (χ1) is 8.82. The molecule has 1 N–H and O–H groups in total. The fourth-order valence-corrected chi connectivity index (χ4v) is 4.29. The first-order valence-electron chi connectivity index (χ1n) is 5.29. The van der Waals surface area contributed by atoms with Crippen LogP contribution in [0.1, 0.15) is 26.4 Å². The highest BCUT2D eigenvalue weighted by Crippen LogP contribution is 2.39. The number of hydrogen-bond donors (Lipinski definition) is 1. The summed E-state index contributed by atoms with van der Waals surface area (Å²) in [6.07, 6.45) is -3.09. The van der Waals surface area contributed by atoms with Crippen molar-refractivity contribution in [3.8, 4) is 0 Å². The summed E-state index contributed by atoms with van der Waals surface area (Å²) in [4.78, 5) is 4.98. The van der Waals surface area contributed by atoms with Gasteiger partial charge in [-0.15, -0.1) is 22.7 Å². The largest absolute Gasteiger partial charge is 0.443 e. The Morgan fingerprint density at radius 1 is 1.32 bits per heavy atom. The van der Waals surface area contributed by atoms with Crippen molar-refractivity contribution in [3.63, 3.8) is 0 Å². The second kappa shape index (κ2) is 5.51. The molecular formula is C11H10BrF3N2S2. The lowest BCUT2D eigenvalue weighted by Gasteiger charge is -2.11. The number of aryl methyl sites for hydroxylation is 1. The van der Waals surface area contributed by atoms with Gasteiger partial charge in [-0.3, -0.25) is 0 Å². The van der Waals surface area contributed by atoms with Crippen molar-refractivity contribution < 1.29 is 13.2 Å². The summed E-state index contributed by atoms with van der Waals surface area (Å²) in [6, 6.07) is 1.70. The molecule has 0 spiro atoms. The topological polar surface area (TPSA) is 24.9 Å². The monoisotopic (exact) mass is 370 g/mol. The maximum Gasteiger partial charge on any atom is 0.443 e. The van der Waals surface area contributed by atoms with Gasteiger partial charge in [0.15, 0.2) is 5.01 Å². The molecule has 2 heterocycles. The Hall–Kier alpha value is -0.440. The second-order valence-electron chi connectivity index (χ2n) is 3.89. The van der Waals surface area contributed by atoms with Crippen LogP contribution in [-0.4, -0.2) is 12.0 Å². The lowest BCUT2D eigenvalue weighted by atomic mass is 10.2. The molecule has 0 aliphatic rings. The van der Waals surface area contributed by atoms with E-state index in [1.165, 1.54) is 17.5 Å². The zero-order chi connectivity index (χ0) is 14.2. The Morgan fingerprint density at radius 2 is 2.00 bits per heavy atom. The Labute approximate surface area is 124 Å². The lowest BCUT2D eigenvalue weighted by Crippen LogP contribution is -2.15. The predicted molar refractivity (Wildman–Crippen MR) is 74.8 cm³/mol. The minimum absolute atomic E-state index is 0.261. The lowest BCUT2D eigenvalue weighted by molar-refractivity contribution is -0.137. The van der Waals surface area contributed by atoms with Crippen LogP contribution in [0, 0.1) is 6.92 Å². The average molecular weight is 371 g/mol. The zero-order valence-corrected chi connectivity index (χ0v) is 13.2. The fourth-order valence-electron chi connectivity index (χ4n) is 1.60. The maximum absolute atomic E-state index is 12.6. The third-order valence-electron chi connectivity index (χ3n) is 2.50. The fraction of sp³-hybridized carbons (Fsp3) is 0.364. The van der Waals surface area contributed by atoms with Gasteiger partial charge in [-0.1, -0.05) is 0 Å². The number of nitrogens with zero attached hydrogens (tertiary/aromatic N) is 1. The van der Waals surface area contributed by atoms with E-state index < -0.39 is 11.2 Å². The first kappa shape index (κ1) is 15.0. The van der Waals surface area contributed by atoms with Gasteiger partial charge in [0.2, 0.25) is 0 Å². The van der Waals surface area contributed by atoms with Crippen molar-refractivity contribution in [2.75, 3.05) is 7.05 Å². The molecule has 104 valence electrons. The van der Waals surface area contributed by atoms with Crippen LogP contribution in [0.2, 0.25) is 0 Å². The van der Waals surface area contributed by atoms with Crippen LogP contribution in [0.3, 0.4) is 0 Å². The predicted octanol–water partition coefficient (Wildman–Crippen LogP) is 4.60. The van der Waals surface area contributed by atoms with E-state index in [4.69, 9.17) is 0 Å². The minimum atomic E-state index is -4.38. The maximum atomic E-state index is 12.6. The molecule has 0 aliphatic heterocycles. The molecule has 2 nitrogen and oxygen atoms in total. The highest BCUT2D eigenvalue weighted by Gasteiger charge is 2.35. The smallest absolute Gasteiger partial charge is 0.308 e. The van der Waals surface area contributed by atoms with Crippen molar-refractivity contribution in [3.05, 3.63) is 36.4 Å². The van der Waals surface area contributed by atoms with Crippen LogP contribution >= 0.6 is 38.6 Å². The molecule has 0 amide bonds. The molecule has 2 aromatic heterocycles. The second-order valence-corrected chi connectivity index (χ2v) is 7.36. The molecule has 2 aromatic rings. The number of nitrogens with one attached hydrogen (secondary N) is 1. The highest BCUT2D eigenvalue weighted by atomic mass is 79.9. The zero-order valence-electron chi connectivity index (χ0n) is 10.0. The molecule has 19 heavy (non-hydrogen) atoms. The van der Waals surface area contributed by atoms with Gasteiger partial charge in [-0.05, 0) is 41.5 Å². The van der Waals surface area contributed by atoms with E-state index in [2.05, 4.69) is 26.2 Å². The molecule has 8 heteroatoms. The minimum Gasteiger partial charge on any atom is -0.308 e. The van der Waals surface area contributed by atoms with Crippen LogP contribution in [0.15, 0.2) is 16.0 Å². The number of rotatable bonds is 3. The summed E-state index contributed by atoms with van der Waals surface area (Å²) in [5, 5.41) is 2.22. The Balaban J connectivity index is 2.35. The molecule has 0 aliphatic carbocycles. The van der Waals surface area contributed by atoms with E-state index in [1.54, 1.807) is 7.05 Å². The summed E-state index contributed by atoms with van der Waals surface area (Å²) in [5.41, 5.74) is 1.07. The highest BCUT2D eigenvalue weighted by molar-refractivity contribution is 9.11. The van der Waals surface area contributed by atoms with Gasteiger partial charge < -0.3 is 5.32 Å². The third-order valence-corrected chi connectivity index (χ3v) is 5.81. The van der Waals surface area contributed by atoms with Gasteiger partial charge in [0.1, 0.15) is 0 Å². The van der Waals surface area contributed by atoms with Crippen molar-refractivity contribution in [2.24, 2.45) is 0 Å². The van der Waals surface area contributed by atoms with Gasteiger partial charge in [-0.25, -0.2) is 4.98 Å². The number of thiazole rings is 1. The number of halogens is 4. The standard InChI is InChI=1S/C11H10BrF3N2S2/c1-5-3-6(18-9(5)12)8(16-2)7-4-17-10(19-7)11(13,14)15/h3-4,8,16H,1-2H3. The van der Waals surface area contributed by atoms with Crippen molar-refractivity contribution >= 4 is 38.6 Å². The number of alkyl halides is 3. The van der Waals surface area contributed by atoms with Crippen LogP contribution in [-0.2, 0) is 6.18 Å². The molecule has 0 saturated carbocycles. The normalized spacial score (nSPS) is 13.8. The summed E-state index contributed by atoms with van der Waals surface area (Å²) in [7, 11) is 1.72. The third kappa shape index (κ3) is 3.18. The first-order valence-corrected chi connectivity index (χ1v) is 7.71. The van der Waals surface area contributed by atoms with E-state index >= 15 is 0 Å². The summed E-state index contributed by atoms with van der Waals surface area (Å²) >= 11 is 5.61. The summed E-state index contributed by atoms with van der Waals surface area (Å²) in [5.74, 6) is 0. The quantitative estimate of drug-likeness (QED) is 0.853.